The van der Waals surface area contributed by atoms with Crippen molar-refractivity contribution >= 4 is 17.4 Å². The Balaban J connectivity index is 1.58. The molecule has 1 aliphatic carbocycles. The summed E-state index contributed by atoms with van der Waals surface area (Å²) in [6.07, 6.45) is 3.47. The lowest BCUT2D eigenvalue weighted by molar-refractivity contribution is -0.0869. The van der Waals surface area contributed by atoms with Gasteiger partial charge in [0.25, 0.3) is 5.91 Å². The van der Waals surface area contributed by atoms with Gasteiger partial charge < -0.3 is 14.5 Å². The molecule has 6 nitrogen and oxygen atoms in total. The number of piperidine rings is 1. The van der Waals surface area contributed by atoms with E-state index >= 15 is 0 Å². The maximum atomic E-state index is 13.0. The Morgan fingerprint density at radius 3 is 3.00 bits per heavy atom. The largest absolute Gasteiger partial charge is 0.374 e. The van der Waals surface area contributed by atoms with E-state index in [-0.39, 0.29) is 18.1 Å². The van der Waals surface area contributed by atoms with Crippen molar-refractivity contribution in [1.82, 2.24) is 19.4 Å². The quantitative estimate of drug-likeness (QED) is 0.814. The maximum Gasteiger partial charge on any atom is 0.267 e. The van der Waals surface area contributed by atoms with Crippen LogP contribution in [0.2, 0.25) is 0 Å². The van der Waals surface area contributed by atoms with Gasteiger partial charge in [0.15, 0.2) is 0 Å². The van der Waals surface area contributed by atoms with Crippen molar-refractivity contribution in [2.75, 3.05) is 33.3 Å². The summed E-state index contributed by atoms with van der Waals surface area (Å²) in [5.41, 5.74) is 0.928. The third kappa shape index (κ3) is 2.47. The fourth-order valence-electron chi connectivity index (χ4n) is 3.38. The van der Waals surface area contributed by atoms with Gasteiger partial charge in [-0.1, -0.05) is 4.49 Å². The predicted molar refractivity (Wildman–Crippen MR) is 78.6 cm³/mol. The molecule has 2 aliphatic heterocycles. The van der Waals surface area contributed by atoms with Gasteiger partial charge in [-0.15, -0.1) is 5.10 Å². The molecular formula is C14H20N4O2S. The highest BCUT2D eigenvalue weighted by molar-refractivity contribution is 7.08. The highest BCUT2D eigenvalue weighted by atomic mass is 32.1. The Bertz CT molecular complexity index is 545. The van der Waals surface area contributed by atoms with Crippen LogP contribution in [-0.4, -0.2) is 70.7 Å². The van der Waals surface area contributed by atoms with E-state index in [9.17, 15) is 4.79 Å². The molecule has 3 fully saturated rings. The first-order chi connectivity index (χ1) is 10.2. The first-order valence-electron chi connectivity index (χ1n) is 7.67. The van der Waals surface area contributed by atoms with Gasteiger partial charge in [0.2, 0.25) is 0 Å². The molecule has 0 N–H and O–H groups in total. The summed E-state index contributed by atoms with van der Waals surface area (Å²) in [6, 6.07) is 0.166. The smallest absolute Gasteiger partial charge is 0.267 e. The molecule has 2 atom stereocenters. The number of fused-ring (bicyclic) bond motifs is 1. The Kier molecular flexibility index (Phi) is 3.43. The lowest BCUT2D eigenvalue weighted by Gasteiger charge is -2.46. The summed E-state index contributed by atoms with van der Waals surface area (Å²) in [7, 11) is 2.11. The average molecular weight is 308 g/mol. The van der Waals surface area contributed by atoms with E-state index in [1.807, 2.05) is 4.90 Å². The van der Waals surface area contributed by atoms with Gasteiger partial charge in [-0.25, -0.2) is 0 Å². The molecule has 2 saturated heterocycles. The molecule has 4 rings (SSSR count). The zero-order valence-electron chi connectivity index (χ0n) is 12.2. The van der Waals surface area contributed by atoms with Crippen LogP contribution in [0.1, 0.15) is 40.5 Å². The van der Waals surface area contributed by atoms with Gasteiger partial charge >= 0.3 is 0 Å². The van der Waals surface area contributed by atoms with E-state index < -0.39 is 0 Å². The second-order valence-corrected chi connectivity index (χ2v) is 7.04. The van der Waals surface area contributed by atoms with E-state index in [0.717, 1.165) is 42.9 Å². The number of carbonyl (C=O) groups excluding carboxylic acids is 1. The lowest BCUT2D eigenvalue weighted by atomic mass is 9.98. The van der Waals surface area contributed by atoms with Crippen LogP contribution < -0.4 is 0 Å². The number of hydrogen-bond acceptors (Lipinski definition) is 6. The number of nitrogens with zero attached hydrogens (tertiary/aromatic N) is 4. The number of amides is 1. The molecule has 21 heavy (non-hydrogen) atoms. The summed E-state index contributed by atoms with van der Waals surface area (Å²) < 4.78 is 9.89. The van der Waals surface area contributed by atoms with Crippen molar-refractivity contribution in [3.05, 3.63) is 10.6 Å². The van der Waals surface area contributed by atoms with Gasteiger partial charge in [0, 0.05) is 25.6 Å². The topological polar surface area (TPSA) is 58.6 Å². The summed E-state index contributed by atoms with van der Waals surface area (Å²) in [5, 5.41) is 4.19. The molecule has 1 aromatic heterocycles. The molecule has 0 spiro atoms. The van der Waals surface area contributed by atoms with Crippen LogP contribution in [0.3, 0.4) is 0 Å². The maximum absolute atomic E-state index is 13.0. The van der Waals surface area contributed by atoms with Crippen molar-refractivity contribution in [1.29, 1.82) is 0 Å². The van der Waals surface area contributed by atoms with Crippen molar-refractivity contribution in [2.24, 2.45) is 0 Å². The fraction of sp³-hybridized carbons (Fsp3) is 0.786. The van der Waals surface area contributed by atoms with E-state index in [1.54, 1.807) is 0 Å². The number of rotatable bonds is 2. The van der Waals surface area contributed by atoms with Crippen molar-refractivity contribution in [3.63, 3.8) is 0 Å². The molecule has 0 aromatic carbocycles. The molecule has 0 unspecified atom stereocenters. The predicted octanol–water partition coefficient (Wildman–Crippen LogP) is 0.961. The van der Waals surface area contributed by atoms with Gasteiger partial charge in [-0.3, -0.25) is 4.79 Å². The molecule has 7 heteroatoms. The van der Waals surface area contributed by atoms with Gasteiger partial charge in [-0.05, 0) is 37.8 Å². The molecule has 0 bridgehead atoms. The first-order valence-corrected chi connectivity index (χ1v) is 8.44. The van der Waals surface area contributed by atoms with E-state index in [2.05, 4.69) is 21.5 Å². The van der Waals surface area contributed by atoms with Crippen LogP contribution >= 0.6 is 11.5 Å². The van der Waals surface area contributed by atoms with Crippen LogP contribution in [0, 0.1) is 0 Å². The van der Waals surface area contributed by atoms with E-state index in [4.69, 9.17) is 4.74 Å². The normalized spacial score (nSPS) is 30.2. The molecule has 0 radical (unpaired) electrons. The lowest BCUT2D eigenvalue weighted by Crippen LogP contribution is -2.60. The van der Waals surface area contributed by atoms with Gasteiger partial charge in [0.1, 0.15) is 4.88 Å². The minimum atomic E-state index is 0.112. The van der Waals surface area contributed by atoms with E-state index in [0.29, 0.717) is 19.1 Å². The molecule has 1 saturated carbocycles. The van der Waals surface area contributed by atoms with Gasteiger partial charge in [0.05, 0.1) is 24.4 Å². The van der Waals surface area contributed by atoms with Crippen LogP contribution in [0.4, 0.5) is 0 Å². The molecule has 1 amide bonds. The second kappa shape index (κ2) is 5.30. The van der Waals surface area contributed by atoms with Crippen molar-refractivity contribution in [3.8, 4) is 0 Å². The number of hydrogen-bond donors (Lipinski definition) is 0. The van der Waals surface area contributed by atoms with Crippen LogP contribution in [0.5, 0.6) is 0 Å². The molecule has 114 valence electrons. The Hall–Kier alpha value is -1.05. The van der Waals surface area contributed by atoms with Crippen LogP contribution in [-0.2, 0) is 4.74 Å². The number of likely N-dealkylation sites (tertiary alicyclic amines) is 1. The third-order valence-corrected chi connectivity index (χ3v) is 5.45. The number of morpholine rings is 1. The third-order valence-electron chi connectivity index (χ3n) is 4.72. The van der Waals surface area contributed by atoms with Crippen LogP contribution in [0.25, 0.3) is 0 Å². The fourth-order valence-corrected chi connectivity index (χ4v) is 4.09. The van der Waals surface area contributed by atoms with Crippen molar-refractivity contribution < 1.29 is 9.53 Å². The highest BCUT2D eigenvalue weighted by Crippen LogP contribution is 2.41. The zero-order chi connectivity index (χ0) is 14.4. The zero-order valence-corrected chi connectivity index (χ0v) is 13.0. The standard InChI is InChI=1S/C14H20N4O2S/c1-17-5-4-11-10(8-17)18(6-7-20-11)14(19)13-12(9-2-3-9)15-16-21-13/h9-11H,2-8H2,1H3/t10-,11+/m1/s1. The minimum Gasteiger partial charge on any atom is -0.374 e. The number of ether oxygens (including phenoxy) is 1. The molecule has 3 heterocycles. The van der Waals surface area contributed by atoms with Crippen LogP contribution in [0.15, 0.2) is 0 Å². The Morgan fingerprint density at radius 1 is 1.33 bits per heavy atom. The monoisotopic (exact) mass is 308 g/mol. The average Bonchev–Trinajstić information content (AvgIpc) is 3.23. The molecular weight excluding hydrogens is 288 g/mol. The van der Waals surface area contributed by atoms with Crippen molar-refractivity contribution in [2.45, 2.75) is 37.3 Å². The summed E-state index contributed by atoms with van der Waals surface area (Å²) >= 11 is 1.25. The summed E-state index contributed by atoms with van der Waals surface area (Å²) in [6.45, 7) is 3.25. The van der Waals surface area contributed by atoms with Gasteiger partial charge in [-0.2, -0.15) is 0 Å². The van der Waals surface area contributed by atoms with E-state index in [1.165, 1.54) is 11.5 Å². The second-order valence-electron chi connectivity index (χ2n) is 6.29. The molecule has 3 aliphatic rings. The summed E-state index contributed by atoms with van der Waals surface area (Å²) in [5.74, 6) is 0.578. The summed E-state index contributed by atoms with van der Waals surface area (Å²) in [4.78, 5) is 18.0. The number of carbonyl (C=O) groups is 1. The Morgan fingerprint density at radius 2 is 2.19 bits per heavy atom. The SMILES string of the molecule is CN1CC[C@@H]2OCCN(C(=O)c3snnc3C3CC3)[C@@H]2C1. The number of aromatic nitrogens is 2. The molecule has 1 aromatic rings. The highest BCUT2D eigenvalue weighted by Gasteiger charge is 2.41. The Labute approximate surface area is 128 Å². The minimum absolute atomic E-state index is 0.112. The first kappa shape index (κ1) is 13.6. The number of likely N-dealkylation sites (N-methyl/N-ethyl adjacent to an activating group) is 1.